The van der Waals surface area contributed by atoms with Crippen LogP contribution in [0.15, 0.2) is 35.4 Å². The molecule has 0 saturated heterocycles. The van der Waals surface area contributed by atoms with E-state index in [0.717, 1.165) is 22.6 Å². The van der Waals surface area contributed by atoms with Gasteiger partial charge in [0, 0.05) is 6.08 Å². The van der Waals surface area contributed by atoms with Crippen molar-refractivity contribution in [2.45, 2.75) is 26.5 Å². The lowest BCUT2D eigenvalue weighted by Crippen LogP contribution is -2.44. The molecule has 1 aromatic rings. The molecular formula is C15H15N3O2. The van der Waals surface area contributed by atoms with Crippen LogP contribution in [-0.2, 0) is 4.74 Å². The van der Waals surface area contributed by atoms with Crippen molar-refractivity contribution in [1.82, 2.24) is 0 Å². The van der Waals surface area contributed by atoms with Crippen molar-refractivity contribution in [3.63, 3.8) is 0 Å². The van der Waals surface area contributed by atoms with Gasteiger partial charge in [-0.15, -0.1) is 0 Å². The van der Waals surface area contributed by atoms with Gasteiger partial charge in [0.15, 0.2) is 5.57 Å². The number of nitrogens with one attached hydrogen (secondary N) is 1. The van der Waals surface area contributed by atoms with E-state index < -0.39 is 5.72 Å². The predicted molar refractivity (Wildman–Crippen MR) is 74.6 cm³/mol. The third-order valence-corrected chi connectivity index (χ3v) is 3.41. The minimum Gasteiger partial charge on any atom is -0.457 e. The fourth-order valence-electron chi connectivity index (χ4n) is 2.68. The highest BCUT2D eigenvalue weighted by atomic mass is 16.5. The lowest BCUT2D eigenvalue weighted by molar-refractivity contribution is 0.174. The minimum atomic E-state index is -1.07. The predicted octanol–water partition coefficient (Wildman–Crippen LogP) is 2.43. The van der Waals surface area contributed by atoms with E-state index in [-0.39, 0.29) is 11.5 Å². The first-order valence-electron chi connectivity index (χ1n) is 6.31. The van der Waals surface area contributed by atoms with Crippen molar-refractivity contribution < 1.29 is 9.47 Å². The molecule has 102 valence electrons. The lowest BCUT2D eigenvalue weighted by Gasteiger charge is -2.30. The van der Waals surface area contributed by atoms with Gasteiger partial charge in [0.05, 0.1) is 5.69 Å². The second-order valence-electron chi connectivity index (χ2n) is 5.13. The van der Waals surface area contributed by atoms with Gasteiger partial charge >= 0.3 is 0 Å². The van der Waals surface area contributed by atoms with Crippen molar-refractivity contribution in [3.05, 3.63) is 46.6 Å². The zero-order chi connectivity index (χ0) is 14.5. The van der Waals surface area contributed by atoms with Gasteiger partial charge in [-0.1, -0.05) is 6.07 Å². The van der Waals surface area contributed by atoms with E-state index in [2.05, 4.69) is 11.4 Å². The Labute approximate surface area is 117 Å². The fourth-order valence-corrected chi connectivity index (χ4v) is 2.68. The molecule has 0 bridgehead atoms. The van der Waals surface area contributed by atoms with Crippen molar-refractivity contribution >= 4 is 5.69 Å². The Balaban J connectivity index is 2.15. The molecule has 5 nitrogen and oxygen atoms in total. The van der Waals surface area contributed by atoms with Gasteiger partial charge in [-0.2, -0.15) is 5.26 Å². The smallest absolute Gasteiger partial charge is 0.245 e. The monoisotopic (exact) mass is 269 g/mol. The minimum absolute atomic E-state index is 0.0715. The summed E-state index contributed by atoms with van der Waals surface area (Å²) in [5, 5.41) is 12.6. The summed E-state index contributed by atoms with van der Waals surface area (Å²) in [4.78, 5) is 0. The third-order valence-electron chi connectivity index (χ3n) is 3.41. The number of benzene rings is 1. The van der Waals surface area contributed by atoms with Crippen LogP contribution in [0.4, 0.5) is 5.69 Å². The topological polar surface area (TPSA) is 80.3 Å². The summed E-state index contributed by atoms with van der Waals surface area (Å²) < 4.78 is 11.3. The van der Waals surface area contributed by atoms with E-state index in [9.17, 15) is 5.26 Å². The summed E-state index contributed by atoms with van der Waals surface area (Å²) in [6.07, 6.45) is 1.73. The Morgan fingerprint density at radius 1 is 1.30 bits per heavy atom. The highest BCUT2D eigenvalue weighted by Crippen LogP contribution is 2.45. The van der Waals surface area contributed by atoms with E-state index in [0.29, 0.717) is 5.76 Å². The molecule has 0 aromatic heterocycles. The van der Waals surface area contributed by atoms with E-state index >= 15 is 0 Å². The molecule has 2 aliphatic heterocycles. The number of hydrogen-bond donors (Lipinski definition) is 2. The van der Waals surface area contributed by atoms with Crippen LogP contribution < -0.4 is 15.8 Å². The first-order valence-corrected chi connectivity index (χ1v) is 6.31. The first kappa shape index (κ1) is 12.4. The Kier molecular flexibility index (Phi) is 2.45. The normalized spacial score (nSPS) is 23.4. The van der Waals surface area contributed by atoms with E-state index in [4.69, 9.17) is 15.2 Å². The van der Waals surface area contributed by atoms with Gasteiger partial charge in [0.25, 0.3) is 0 Å². The average molecular weight is 269 g/mol. The van der Waals surface area contributed by atoms with Gasteiger partial charge < -0.3 is 20.5 Å². The molecule has 1 atom stereocenters. The fraction of sp³-hybridized carbons (Fsp3) is 0.267. The van der Waals surface area contributed by atoms with Crippen LogP contribution in [0.25, 0.3) is 0 Å². The zero-order valence-electron chi connectivity index (χ0n) is 11.6. The molecule has 2 heterocycles. The molecule has 0 fully saturated rings. The molecule has 3 rings (SSSR count). The number of rotatable bonds is 0. The number of fused-ring (bicyclic) bond motifs is 1. The number of allylic oxidation sites excluding steroid dienone is 1. The van der Waals surface area contributed by atoms with E-state index in [1.165, 1.54) is 0 Å². The Morgan fingerprint density at radius 2 is 2.05 bits per heavy atom. The van der Waals surface area contributed by atoms with Crippen molar-refractivity contribution in [2.75, 3.05) is 5.32 Å². The van der Waals surface area contributed by atoms with E-state index in [1.54, 1.807) is 13.0 Å². The molecule has 2 aliphatic rings. The zero-order valence-corrected chi connectivity index (χ0v) is 11.6. The van der Waals surface area contributed by atoms with Gasteiger partial charge in [-0.3, -0.25) is 0 Å². The van der Waals surface area contributed by atoms with Crippen molar-refractivity contribution in [3.8, 4) is 11.8 Å². The SMILES string of the molecule is CC1=CC2(Nc3cc(C)cc(C)c3O2)C(C#N)=C(N)O1. The summed E-state index contributed by atoms with van der Waals surface area (Å²) in [6.45, 7) is 5.76. The second-order valence-corrected chi connectivity index (χ2v) is 5.13. The second kappa shape index (κ2) is 3.94. The summed E-state index contributed by atoms with van der Waals surface area (Å²) >= 11 is 0. The maximum atomic E-state index is 9.36. The number of nitrogens with two attached hydrogens (primary N) is 1. The number of nitrogens with zero attached hydrogens (tertiary/aromatic N) is 1. The molecule has 0 radical (unpaired) electrons. The molecule has 5 heteroatoms. The summed E-state index contributed by atoms with van der Waals surface area (Å²) in [5.41, 5.74) is 7.97. The van der Waals surface area contributed by atoms with Crippen LogP contribution >= 0.6 is 0 Å². The van der Waals surface area contributed by atoms with E-state index in [1.807, 2.05) is 26.0 Å². The number of ether oxygens (including phenoxy) is 2. The van der Waals surface area contributed by atoms with Crippen LogP contribution in [0.3, 0.4) is 0 Å². The quantitative estimate of drug-likeness (QED) is 0.756. The lowest BCUT2D eigenvalue weighted by atomic mass is 10.0. The number of anilines is 1. The number of aryl methyl sites for hydroxylation is 2. The Bertz CT molecular complexity index is 713. The van der Waals surface area contributed by atoms with Gasteiger partial charge in [0.1, 0.15) is 17.6 Å². The van der Waals surface area contributed by atoms with Crippen molar-refractivity contribution in [1.29, 1.82) is 5.26 Å². The maximum Gasteiger partial charge on any atom is 0.245 e. The molecule has 3 N–H and O–H groups in total. The van der Waals surface area contributed by atoms with Gasteiger partial charge in [-0.05, 0) is 38.0 Å². The third kappa shape index (κ3) is 1.62. The summed E-state index contributed by atoms with van der Waals surface area (Å²) in [7, 11) is 0. The van der Waals surface area contributed by atoms with Crippen LogP contribution in [0.2, 0.25) is 0 Å². The van der Waals surface area contributed by atoms with Gasteiger partial charge in [0.2, 0.25) is 11.6 Å². The number of nitriles is 1. The Hall–Kier alpha value is -2.61. The number of hydrogen-bond acceptors (Lipinski definition) is 5. The van der Waals surface area contributed by atoms with Crippen LogP contribution in [0.5, 0.6) is 5.75 Å². The summed E-state index contributed by atoms with van der Waals surface area (Å²) in [5.74, 6) is 1.40. The average Bonchev–Trinajstić information content (AvgIpc) is 2.67. The van der Waals surface area contributed by atoms with Crippen LogP contribution in [0, 0.1) is 25.2 Å². The van der Waals surface area contributed by atoms with Crippen molar-refractivity contribution in [2.24, 2.45) is 5.73 Å². The molecule has 0 aliphatic carbocycles. The van der Waals surface area contributed by atoms with Gasteiger partial charge in [-0.25, -0.2) is 0 Å². The first-order chi connectivity index (χ1) is 9.45. The van der Waals surface area contributed by atoms with Crippen LogP contribution in [-0.4, -0.2) is 5.72 Å². The molecule has 20 heavy (non-hydrogen) atoms. The van der Waals surface area contributed by atoms with Crippen LogP contribution in [0.1, 0.15) is 18.1 Å². The maximum absolute atomic E-state index is 9.36. The molecule has 1 aromatic carbocycles. The molecule has 1 unspecified atom stereocenters. The highest BCUT2D eigenvalue weighted by Gasteiger charge is 2.46. The molecule has 0 saturated carbocycles. The molecule has 0 amide bonds. The summed E-state index contributed by atoms with van der Waals surface area (Å²) in [6, 6.07) is 6.10. The largest absolute Gasteiger partial charge is 0.457 e. The highest BCUT2D eigenvalue weighted by molar-refractivity contribution is 5.70. The Morgan fingerprint density at radius 3 is 2.75 bits per heavy atom. The molecular weight excluding hydrogens is 254 g/mol. The molecule has 1 spiro atoms. The standard InChI is InChI=1S/C15H15N3O2/c1-8-4-9(2)13-12(5-8)18-15(20-13)6-10(3)19-14(17)11(15)7-16/h4-6,18H,17H2,1-3H3.